The number of benzene rings is 1. The fourth-order valence-electron chi connectivity index (χ4n) is 1.51. The molecule has 0 amide bonds. The first-order chi connectivity index (χ1) is 9.71. The SMILES string of the molecule is CCOCCN(C)S(=O)(=O)c1cc(F)c(Cl)c(C(=O)O)c1. The third kappa shape index (κ3) is 4.13. The molecule has 1 rings (SSSR count). The van der Waals surface area contributed by atoms with Crippen molar-refractivity contribution in [3.05, 3.63) is 28.5 Å². The van der Waals surface area contributed by atoms with Crippen molar-refractivity contribution in [1.29, 1.82) is 0 Å². The van der Waals surface area contributed by atoms with E-state index >= 15 is 0 Å². The third-order valence-electron chi connectivity index (χ3n) is 2.69. The molecule has 0 atom stereocenters. The Kier molecular flexibility index (Phi) is 6.09. The van der Waals surface area contributed by atoms with E-state index < -0.39 is 37.3 Å². The molecule has 6 nitrogen and oxygen atoms in total. The minimum absolute atomic E-state index is 0.0584. The topological polar surface area (TPSA) is 83.9 Å². The van der Waals surface area contributed by atoms with Crippen molar-refractivity contribution in [2.75, 3.05) is 26.8 Å². The highest BCUT2D eigenvalue weighted by atomic mass is 35.5. The number of halogens is 2. The molecule has 0 saturated carbocycles. The maximum absolute atomic E-state index is 13.6. The van der Waals surface area contributed by atoms with Gasteiger partial charge in [0, 0.05) is 20.2 Å². The number of aromatic carboxylic acids is 1. The molecule has 118 valence electrons. The second-order valence-electron chi connectivity index (χ2n) is 4.10. The first kappa shape index (κ1) is 17.8. The average Bonchev–Trinajstić information content (AvgIpc) is 2.41. The number of carboxylic acid groups (broad SMARTS) is 1. The summed E-state index contributed by atoms with van der Waals surface area (Å²) < 4.78 is 44.1. The number of carbonyl (C=O) groups is 1. The fourth-order valence-corrected chi connectivity index (χ4v) is 2.89. The van der Waals surface area contributed by atoms with Gasteiger partial charge in [-0.15, -0.1) is 0 Å². The summed E-state index contributed by atoms with van der Waals surface area (Å²) in [4.78, 5) is 10.5. The van der Waals surface area contributed by atoms with E-state index in [1.165, 1.54) is 7.05 Å². The molecule has 0 saturated heterocycles. The number of carboxylic acids is 1. The zero-order valence-corrected chi connectivity index (χ0v) is 13.0. The number of rotatable bonds is 7. The van der Waals surface area contributed by atoms with Crippen molar-refractivity contribution in [1.82, 2.24) is 4.31 Å². The number of hydrogen-bond acceptors (Lipinski definition) is 4. The Morgan fingerprint density at radius 2 is 2.10 bits per heavy atom. The van der Waals surface area contributed by atoms with Gasteiger partial charge in [-0.05, 0) is 19.1 Å². The molecule has 1 aromatic carbocycles. The Balaban J connectivity index is 3.17. The van der Waals surface area contributed by atoms with Gasteiger partial charge in [0.1, 0.15) is 5.82 Å². The second-order valence-corrected chi connectivity index (χ2v) is 6.52. The Morgan fingerprint density at radius 1 is 1.48 bits per heavy atom. The number of hydrogen-bond donors (Lipinski definition) is 1. The van der Waals surface area contributed by atoms with Gasteiger partial charge in [-0.25, -0.2) is 17.6 Å². The third-order valence-corrected chi connectivity index (χ3v) is 4.91. The van der Waals surface area contributed by atoms with E-state index in [1.807, 2.05) is 0 Å². The molecule has 0 spiro atoms. The lowest BCUT2D eigenvalue weighted by Gasteiger charge is -2.17. The van der Waals surface area contributed by atoms with Crippen molar-refractivity contribution in [3.8, 4) is 0 Å². The number of nitrogens with zero attached hydrogens (tertiary/aromatic N) is 1. The molecule has 0 radical (unpaired) electrons. The number of ether oxygens (including phenoxy) is 1. The van der Waals surface area contributed by atoms with Crippen LogP contribution < -0.4 is 0 Å². The second kappa shape index (κ2) is 7.17. The zero-order valence-electron chi connectivity index (χ0n) is 11.5. The van der Waals surface area contributed by atoms with Gasteiger partial charge < -0.3 is 9.84 Å². The largest absolute Gasteiger partial charge is 0.478 e. The summed E-state index contributed by atoms with van der Waals surface area (Å²) in [6, 6.07) is 1.53. The maximum atomic E-state index is 13.6. The van der Waals surface area contributed by atoms with Crippen LogP contribution in [0.25, 0.3) is 0 Å². The van der Waals surface area contributed by atoms with Crippen molar-refractivity contribution < 1.29 is 27.4 Å². The van der Waals surface area contributed by atoms with Gasteiger partial charge in [0.2, 0.25) is 10.0 Å². The maximum Gasteiger partial charge on any atom is 0.337 e. The quantitative estimate of drug-likeness (QED) is 0.766. The van der Waals surface area contributed by atoms with Crippen LogP contribution in [0.4, 0.5) is 4.39 Å². The smallest absolute Gasteiger partial charge is 0.337 e. The van der Waals surface area contributed by atoms with Crippen LogP contribution in [0.5, 0.6) is 0 Å². The van der Waals surface area contributed by atoms with Crippen LogP contribution in [0, 0.1) is 5.82 Å². The van der Waals surface area contributed by atoms with Crippen molar-refractivity contribution >= 4 is 27.6 Å². The van der Waals surface area contributed by atoms with Crippen LogP contribution in [-0.2, 0) is 14.8 Å². The van der Waals surface area contributed by atoms with E-state index in [-0.39, 0.29) is 13.2 Å². The van der Waals surface area contributed by atoms with Crippen LogP contribution in [0.3, 0.4) is 0 Å². The summed E-state index contributed by atoms with van der Waals surface area (Å²) in [6.45, 7) is 2.44. The molecule has 0 aliphatic rings. The molecule has 0 aromatic heterocycles. The summed E-state index contributed by atoms with van der Waals surface area (Å²) in [7, 11) is -2.73. The molecular weight excluding hydrogens is 325 g/mol. The van der Waals surface area contributed by atoms with Crippen LogP contribution >= 0.6 is 11.6 Å². The van der Waals surface area contributed by atoms with E-state index in [0.29, 0.717) is 12.7 Å². The lowest BCUT2D eigenvalue weighted by Crippen LogP contribution is -2.30. The standard InChI is InChI=1S/C12H15ClFNO5S/c1-3-20-5-4-15(2)21(18,19)8-6-9(12(16)17)11(13)10(14)7-8/h6-7H,3-5H2,1-2H3,(H,16,17). The van der Waals surface area contributed by atoms with Gasteiger partial charge in [0.25, 0.3) is 0 Å². The minimum Gasteiger partial charge on any atom is -0.478 e. The monoisotopic (exact) mass is 339 g/mol. The van der Waals surface area contributed by atoms with Gasteiger partial charge in [0.05, 0.1) is 22.1 Å². The number of sulfonamides is 1. The summed E-state index contributed by atoms with van der Waals surface area (Å²) in [6.07, 6.45) is 0. The predicted octanol–water partition coefficient (Wildman–Crippen LogP) is 1.83. The van der Waals surface area contributed by atoms with Crippen molar-refractivity contribution in [3.63, 3.8) is 0 Å². The molecule has 0 aliphatic heterocycles. The van der Waals surface area contributed by atoms with Crippen molar-refractivity contribution in [2.24, 2.45) is 0 Å². The fraction of sp³-hybridized carbons (Fsp3) is 0.417. The summed E-state index contributed by atoms with van der Waals surface area (Å²) in [5.41, 5.74) is -0.603. The van der Waals surface area contributed by atoms with Crippen LogP contribution in [0.15, 0.2) is 17.0 Å². The predicted molar refractivity (Wildman–Crippen MR) is 74.7 cm³/mol. The average molecular weight is 340 g/mol. The summed E-state index contributed by atoms with van der Waals surface area (Å²) in [5, 5.41) is 8.29. The van der Waals surface area contributed by atoms with Gasteiger partial charge in [-0.3, -0.25) is 0 Å². The first-order valence-corrected chi connectivity index (χ1v) is 7.80. The zero-order chi connectivity index (χ0) is 16.2. The van der Waals surface area contributed by atoms with Gasteiger partial charge >= 0.3 is 5.97 Å². The highest BCUT2D eigenvalue weighted by molar-refractivity contribution is 7.89. The van der Waals surface area contributed by atoms with Gasteiger partial charge in [-0.1, -0.05) is 11.6 Å². The molecular formula is C12H15ClFNO5S. The number of likely N-dealkylation sites (N-methyl/N-ethyl adjacent to an activating group) is 1. The lowest BCUT2D eigenvalue weighted by molar-refractivity contribution is 0.0696. The highest BCUT2D eigenvalue weighted by Crippen LogP contribution is 2.25. The first-order valence-electron chi connectivity index (χ1n) is 5.98. The Labute approximate surface area is 127 Å². The van der Waals surface area contributed by atoms with E-state index in [9.17, 15) is 17.6 Å². The molecule has 0 unspecified atom stereocenters. The Hall–Kier alpha value is -1.22. The van der Waals surface area contributed by atoms with Gasteiger partial charge in [-0.2, -0.15) is 4.31 Å². The molecule has 0 heterocycles. The molecule has 1 aromatic rings. The van der Waals surface area contributed by atoms with Crippen molar-refractivity contribution in [2.45, 2.75) is 11.8 Å². The van der Waals surface area contributed by atoms with Crippen LogP contribution in [-0.4, -0.2) is 50.6 Å². The summed E-state index contributed by atoms with van der Waals surface area (Å²) >= 11 is 5.51. The minimum atomic E-state index is -4.02. The Bertz CT molecular complexity index is 635. The summed E-state index contributed by atoms with van der Waals surface area (Å²) in [5.74, 6) is -2.61. The molecule has 9 heteroatoms. The molecule has 21 heavy (non-hydrogen) atoms. The van der Waals surface area contributed by atoms with Crippen LogP contribution in [0.1, 0.15) is 17.3 Å². The molecule has 0 fully saturated rings. The molecule has 1 N–H and O–H groups in total. The Morgan fingerprint density at radius 3 is 2.62 bits per heavy atom. The van der Waals surface area contributed by atoms with Gasteiger partial charge in [0.15, 0.2) is 0 Å². The normalized spacial score (nSPS) is 11.9. The molecule has 0 bridgehead atoms. The van der Waals surface area contributed by atoms with E-state index in [0.717, 1.165) is 10.4 Å². The van der Waals surface area contributed by atoms with E-state index in [4.69, 9.17) is 21.4 Å². The highest BCUT2D eigenvalue weighted by Gasteiger charge is 2.25. The molecule has 0 aliphatic carbocycles. The van der Waals surface area contributed by atoms with E-state index in [2.05, 4.69) is 0 Å². The lowest BCUT2D eigenvalue weighted by atomic mass is 10.2. The van der Waals surface area contributed by atoms with Crippen LogP contribution in [0.2, 0.25) is 5.02 Å². The van der Waals surface area contributed by atoms with E-state index in [1.54, 1.807) is 6.92 Å².